The van der Waals surface area contributed by atoms with Crippen LogP contribution in [0.3, 0.4) is 0 Å². The topological polar surface area (TPSA) is 46.3 Å². The molecule has 0 unspecified atom stereocenters. The van der Waals surface area contributed by atoms with Gasteiger partial charge in [-0.1, -0.05) is 24.6 Å². The zero-order valence-corrected chi connectivity index (χ0v) is 12.9. The molecule has 3 nitrogen and oxygen atoms in total. The van der Waals surface area contributed by atoms with Crippen molar-refractivity contribution in [2.45, 2.75) is 39.5 Å². The maximum atomic E-state index is 12.9. The third-order valence-corrected chi connectivity index (χ3v) is 4.80. The first kappa shape index (κ1) is 15.0. The minimum absolute atomic E-state index is 0.177. The van der Waals surface area contributed by atoms with E-state index < -0.39 is 0 Å². The molecule has 0 spiro atoms. The summed E-state index contributed by atoms with van der Waals surface area (Å²) in [5, 5.41) is 0. The molecule has 1 aliphatic rings. The monoisotopic (exact) mass is 274 g/mol. The largest absolute Gasteiger partial charge is 0.329 e. The Balaban J connectivity index is 2.18. The van der Waals surface area contributed by atoms with Crippen LogP contribution in [0.2, 0.25) is 0 Å². The number of rotatable bonds is 3. The molecule has 0 radical (unpaired) electrons. The zero-order chi connectivity index (χ0) is 14.8. The maximum absolute atomic E-state index is 12.9. The highest BCUT2D eigenvalue weighted by molar-refractivity contribution is 5.97. The molecule has 1 aromatic carbocycles. The molecular formula is C17H26N2O. The average molecular weight is 274 g/mol. The summed E-state index contributed by atoms with van der Waals surface area (Å²) in [6.45, 7) is 4.76. The number of benzene rings is 1. The van der Waals surface area contributed by atoms with Crippen molar-refractivity contribution in [3.63, 3.8) is 0 Å². The summed E-state index contributed by atoms with van der Waals surface area (Å²) in [5.41, 5.74) is 7.78. The second-order valence-electron chi connectivity index (χ2n) is 6.37. The molecule has 2 N–H and O–H groups in total. The van der Waals surface area contributed by atoms with Crippen LogP contribution in [0.25, 0.3) is 0 Å². The van der Waals surface area contributed by atoms with Crippen LogP contribution in [0.4, 0.5) is 5.69 Å². The summed E-state index contributed by atoms with van der Waals surface area (Å²) in [5.74, 6) is 0.892. The molecule has 1 aliphatic carbocycles. The molecule has 1 fully saturated rings. The zero-order valence-electron chi connectivity index (χ0n) is 12.9. The first-order chi connectivity index (χ1) is 9.48. The van der Waals surface area contributed by atoms with Crippen LogP contribution in [0.1, 0.15) is 38.2 Å². The standard InChI is InChI=1S/C17H26N2O/c1-13-4-6-15(7-5-13)19(3)16(20)17(12-18)10-8-14(2)9-11-17/h4-7,14H,8-12,18H2,1-3H3. The van der Waals surface area contributed by atoms with Gasteiger partial charge in [0, 0.05) is 19.3 Å². The summed E-state index contributed by atoms with van der Waals surface area (Å²) in [4.78, 5) is 14.7. The SMILES string of the molecule is Cc1ccc(N(C)C(=O)C2(CN)CCC(C)CC2)cc1. The smallest absolute Gasteiger partial charge is 0.234 e. The Kier molecular flexibility index (Phi) is 4.48. The lowest BCUT2D eigenvalue weighted by Gasteiger charge is -2.39. The number of anilines is 1. The summed E-state index contributed by atoms with van der Waals surface area (Å²) in [6.07, 6.45) is 4.04. The number of amides is 1. The summed E-state index contributed by atoms with van der Waals surface area (Å²) < 4.78 is 0. The van der Waals surface area contributed by atoms with Crippen LogP contribution < -0.4 is 10.6 Å². The maximum Gasteiger partial charge on any atom is 0.234 e. The van der Waals surface area contributed by atoms with Gasteiger partial charge in [0.1, 0.15) is 0 Å². The van der Waals surface area contributed by atoms with Crippen LogP contribution in [-0.2, 0) is 4.79 Å². The predicted molar refractivity (Wildman–Crippen MR) is 83.7 cm³/mol. The van der Waals surface area contributed by atoms with E-state index in [1.807, 2.05) is 31.3 Å². The van der Waals surface area contributed by atoms with Gasteiger partial charge in [0.25, 0.3) is 0 Å². The fourth-order valence-electron chi connectivity index (χ4n) is 3.06. The van der Waals surface area contributed by atoms with Crippen molar-refractivity contribution >= 4 is 11.6 Å². The fraction of sp³-hybridized carbons (Fsp3) is 0.588. The quantitative estimate of drug-likeness (QED) is 0.920. The summed E-state index contributed by atoms with van der Waals surface area (Å²) >= 11 is 0. The Bertz CT molecular complexity index is 458. The van der Waals surface area contributed by atoms with Crippen molar-refractivity contribution in [2.24, 2.45) is 17.1 Å². The summed E-state index contributed by atoms with van der Waals surface area (Å²) in [7, 11) is 1.86. The van der Waals surface area contributed by atoms with Crippen LogP contribution in [0, 0.1) is 18.3 Å². The molecular weight excluding hydrogens is 248 g/mol. The Morgan fingerprint density at radius 1 is 1.30 bits per heavy atom. The first-order valence-corrected chi connectivity index (χ1v) is 7.53. The van der Waals surface area contributed by atoms with E-state index in [1.165, 1.54) is 5.56 Å². The lowest BCUT2D eigenvalue weighted by Crippen LogP contribution is -2.48. The molecule has 0 bridgehead atoms. The molecule has 1 aromatic rings. The third kappa shape index (κ3) is 2.88. The summed E-state index contributed by atoms with van der Waals surface area (Å²) in [6, 6.07) is 8.08. The minimum Gasteiger partial charge on any atom is -0.329 e. The fourth-order valence-corrected chi connectivity index (χ4v) is 3.06. The number of carbonyl (C=O) groups excluding carboxylic acids is 1. The van der Waals surface area contributed by atoms with Crippen molar-refractivity contribution < 1.29 is 4.79 Å². The van der Waals surface area contributed by atoms with Gasteiger partial charge in [0.2, 0.25) is 5.91 Å². The van der Waals surface area contributed by atoms with E-state index in [0.717, 1.165) is 31.4 Å². The highest BCUT2D eigenvalue weighted by Gasteiger charge is 2.41. The molecule has 0 saturated heterocycles. The van der Waals surface area contributed by atoms with Gasteiger partial charge >= 0.3 is 0 Å². The van der Waals surface area contributed by atoms with Gasteiger partial charge in [-0.25, -0.2) is 0 Å². The predicted octanol–water partition coefficient (Wildman–Crippen LogP) is 3.11. The third-order valence-electron chi connectivity index (χ3n) is 4.80. The van der Waals surface area contributed by atoms with Gasteiger partial charge in [-0.05, 0) is 50.7 Å². The molecule has 0 atom stereocenters. The lowest BCUT2D eigenvalue weighted by atomic mass is 9.70. The molecule has 20 heavy (non-hydrogen) atoms. The molecule has 3 heteroatoms. The molecule has 2 rings (SSSR count). The molecule has 1 saturated carbocycles. The van der Waals surface area contributed by atoms with E-state index in [1.54, 1.807) is 4.90 Å². The van der Waals surface area contributed by atoms with E-state index in [2.05, 4.69) is 13.8 Å². The molecule has 110 valence electrons. The Morgan fingerprint density at radius 2 is 1.85 bits per heavy atom. The molecule has 0 aliphatic heterocycles. The van der Waals surface area contributed by atoms with E-state index >= 15 is 0 Å². The molecule has 0 aromatic heterocycles. The second kappa shape index (κ2) is 5.96. The van der Waals surface area contributed by atoms with Crippen LogP contribution in [0.15, 0.2) is 24.3 Å². The van der Waals surface area contributed by atoms with Crippen molar-refractivity contribution in [3.05, 3.63) is 29.8 Å². The van der Waals surface area contributed by atoms with Crippen molar-refractivity contribution in [1.29, 1.82) is 0 Å². The van der Waals surface area contributed by atoms with E-state index in [9.17, 15) is 4.79 Å². The van der Waals surface area contributed by atoms with Crippen molar-refractivity contribution in [1.82, 2.24) is 0 Å². The number of hydrogen-bond donors (Lipinski definition) is 1. The Hall–Kier alpha value is -1.35. The van der Waals surface area contributed by atoms with Gasteiger partial charge in [0.15, 0.2) is 0 Å². The van der Waals surface area contributed by atoms with Gasteiger partial charge in [0.05, 0.1) is 5.41 Å². The Morgan fingerprint density at radius 3 is 2.35 bits per heavy atom. The van der Waals surface area contributed by atoms with Crippen molar-refractivity contribution in [3.8, 4) is 0 Å². The highest BCUT2D eigenvalue weighted by atomic mass is 16.2. The average Bonchev–Trinajstić information content (AvgIpc) is 2.48. The van der Waals surface area contributed by atoms with Crippen molar-refractivity contribution in [2.75, 3.05) is 18.5 Å². The first-order valence-electron chi connectivity index (χ1n) is 7.53. The van der Waals surface area contributed by atoms with Gasteiger partial charge in [-0.3, -0.25) is 4.79 Å². The number of nitrogens with zero attached hydrogens (tertiary/aromatic N) is 1. The normalized spacial score (nSPS) is 26.3. The second-order valence-corrected chi connectivity index (χ2v) is 6.37. The molecule has 0 heterocycles. The lowest BCUT2D eigenvalue weighted by molar-refractivity contribution is -0.129. The van der Waals surface area contributed by atoms with Gasteiger partial charge < -0.3 is 10.6 Å². The van der Waals surface area contributed by atoms with E-state index in [-0.39, 0.29) is 11.3 Å². The van der Waals surface area contributed by atoms with Gasteiger partial charge in [-0.15, -0.1) is 0 Å². The number of nitrogens with two attached hydrogens (primary N) is 1. The number of aryl methyl sites for hydroxylation is 1. The number of hydrogen-bond acceptors (Lipinski definition) is 2. The number of carbonyl (C=O) groups is 1. The molecule has 1 amide bonds. The van der Waals surface area contributed by atoms with Crippen LogP contribution in [-0.4, -0.2) is 19.5 Å². The van der Waals surface area contributed by atoms with E-state index in [4.69, 9.17) is 5.73 Å². The van der Waals surface area contributed by atoms with Crippen LogP contribution in [0.5, 0.6) is 0 Å². The van der Waals surface area contributed by atoms with Crippen LogP contribution >= 0.6 is 0 Å². The highest BCUT2D eigenvalue weighted by Crippen LogP contribution is 2.40. The van der Waals surface area contributed by atoms with E-state index in [0.29, 0.717) is 12.5 Å². The minimum atomic E-state index is -0.355. The van der Waals surface area contributed by atoms with Gasteiger partial charge in [-0.2, -0.15) is 0 Å². The Labute approximate surface area is 122 Å².